The first kappa shape index (κ1) is 20.3. The van der Waals surface area contributed by atoms with Crippen molar-refractivity contribution in [2.24, 2.45) is 0 Å². The van der Waals surface area contributed by atoms with Crippen molar-refractivity contribution in [2.75, 3.05) is 4.90 Å². The van der Waals surface area contributed by atoms with Crippen molar-refractivity contribution < 1.29 is 19.5 Å². The number of anilines is 3. The van der Waals surface area contributed by atoms with Crippen molar-refractivity contribution in [3.63, 3.8) is 0 Å². The molecule has 0 unspecified atom stereocenters. The van der Waals surface area contributed by atoms with Gasteiger partial charge in [0.05, 0.1) is 20.8 Å². The average molecular weight is 665 g/mol. The van der Waals surface area contributed by atoms with Gasteiger partial charge in [-0.1, -0.05) is 153 Å². The van der Waals surface area contributed by atoms with Crippen molar-refractivity contribution in [3.05, 3.63) is 187 Å². The summed E-state index contributed by atoms with van der Waals surface area (Å²) in [4.78, 5) is 1.75. The van der Waals surface area contributed by atoms with E-state index < -0.39 is 71.9 Å². The van der Waals surface area contributed by atoms with Gasteiger partial charge < -0.3 is 9.32 Å². The van der Waals surface area contributed by atoms with Gasteiger partial charge in [-0.2, -0.15) is 0 Å². The van der Waals surface area contributed by atoms with Crippen LogP contribution in [-0.2, 0) is 5.41 Å². The Balaban J connectivity index is 1.27. The van der Waals surface area contributed by atoms with E-state index >= 15 is 0 Å². The molecule has 0 spiro atoms. The van der Waals surface area contributed by atoms with Crippen molar-refractivity contribution in [1.82, 2.24) is 0 Å². The van der Waals surface area contributed by atoms with Crippen LogP contribution in [0.2, 0.25) is 0 Å². The maximum Gasteiger partial charge on any atom is 0.143 e. The summed E-state index contributed by atoms with van der Waals surface area (Å²) in [6, 6.07) is 30.0. The minimum atomic E-state index is -0.627. The first-order chi connectivity index (χ1) is 29.6. The number of hydrogen-bond donors (Lipinski definition) is 0. The minimum Gasteiger partial charge on any atom is -0.455 e. The molecule has 1 aliphatic carbocycles. The highest BCUT2D eigenvalue weighted by atomic mass is 16.3. The second-order valence-corrected chi connectivity index (χ2v) is 13.3. The van der Waals surface area contributed by atoms with E-state index in [1.165, 1.54) is 0 Å². The number of rotatable bonds is 5. The molecule has 2 nitrogen and oxygen atoms in total. The molecule has 0 aliphatic heterocycles. The molecule has 0 amide bonds. The van der Waals surface area contributed by atoms with Gasteiger partial charge >= 0.3 is 0 Å². The smallest absolute Gasteiger partial charge is 0.143 e. The molecule has 0 N–H and O–H groups in total. The fourth-order valence-corrected chi connectivity index (χ4v) is 7.69. The van der Waals surface area contributed by atoms with Crippen LogP contribution in [0.1, 0.15) is 40.1 Å². The number of para-hydroxylation sites is 2. The summed E-state index contributed by atoms with van der Waals surface area (Å²) in [6.07, 6.45) is 0. The summed E-state index contributed by atoms with van der Waals surface area (Å²) in [5.74, 6) is 0. The Kier molecular flexibility index (Phi) is 4.52. The molecule has 51 heavy (non-hydrogen) atoms. The van der Waals surface area contributed by atoms with Crippen LogP contribution in [0.15, 0.2) is 180 Å². The van der Waals surface area contributed by atoms with Crippen LogP contribution in [0, 0.1) is 0 Å². The van der Waals surface area contributed by atoms with E-state index in [2.05, 4.69) is 44.2 Å². The van der Waals surface area contributed by atoms with Crippen LogP contribution < -0.4 is 4.90 Å². The molecule has 1 aromatic heterocycles. The molecule has 0 bridgehead atoms. The summed E-state index contributed by atoms with van der Waals surface area (Å²) < 4.78 is 105. The minimum absolute atomic E-state index is 0.0631. The lowest BCUT2D eigenvalue weighted by molar-refractivity contribution is 0.666. The van der Waals surface area contributed by atoms with E-state index in [1.54, 1.807) is 4.90 Å². The Labute approximate surface area is 313 Å². The molecule has 0 saturated carbocycles. The highest BCUT2D eigenvalue weighted by molar-refractivity contribution is 6.09. The molecule has 0 saturated heterocycles. The van der Waals surface area contributed by atoms with Crippen LogP contribution in [0.3, 0.4) is 0 Å². The Morgan fingerprint density at radius 3 is 2.12 bits per heavy atom. The Hall–Kier alpha value is -6.38. The van der Waals surface area contributed by atoms with Crippen LogP contribution in [-0.4, -0.2) is 0 Å². The van der Waals surface area contributed by atoms with Crippen LogP contribution in [0.4, 0.5) is 17.1 Å². The van der Waals surface area contributed by atoms with Gasteiger partial charge in [0.1, 0.15) is 11.2 Å². The summed E-state index contributed by atoms with van der Waals surface area (Å²) >= 11 is 0. The van der Waals surface area contributed by atoms with Crippen LogP contribution in [0.25, 0.3) is 66.1 Å². The van der Waals surface area contributed by atoms with Crippen molar-refractivity contribution in [3.8, 4) is 33.4 Å². The zero-order valence-electron chi connectivity index (χ0n) is 38.7. The van der Waals surface area contributed by atoms with Gasteiger partial charge in [0.2, 0.25) is 0 Å². The Bertz CT molecular complexity index is 3370. The third-order valence-corrected chi connectivity index (χ3v) is 10.0. The maximum absolute atomic E-state index is 9.75. The molecule has 2 heteroatoms. The number of nitrogens with zero attached hydrogens (tertiary/aromatic N) is 1. The average Bonchev–Trinajstić information content (AvgIpc) is 3.80. The first-order valence-corrected chi connectivity index (χ1v) is 16.8. The van der Waals surface area contributed by atoms with Gasteiger partial charge in [0.15, 0.2) is 0 Å². The van der Waals surface area contributed by atoms with E-state index in [-0.39, 0.29) is 38.8 Å². The lowest BCUT2D eigenvalue weighted by atomic mass is 9.80. The second kappa shape index (κ2) is 11.3. The molecule has 10 rings (SSSR count). The van der Waals surface area contributed by atoms with E-state index in [4.69, 9.17) is 14.0 Å². The number of fused-ring (bicyclic) bond motifs is 8. The molecule has 9 aromatic rings. The predicted octanol–water partition coefficient (Wildman–Crippen LogP) is 13.8. The highest BCUT2D eigenvalue weighted by Crippen LogP contribution is 2.56. The Morgan fingerprint density at radius 2 is 1.27 bits per heavy atom. The molecule has 1 heterocycles. The van der Waals surface area contributed by atoms with Crippen LogP contribution >= 0.6 is 0 Å². The second-order valence-electron chi connectivity index (χ2n) is 13.3. The molecule has 0 radical (unpaired) electrons. The maximum atomic E-state index is 9.75. The SMILES string of the molecule is [2H]c1c([2H])c(N(c2ccc(-c3ccccc3)cc2)c2cccc3c2-c2ccc4ccccc4c2C3(C)C)c([2H])c([2H])c1-c1c([2H])c([2H])c([2H])c2c1oc1c([2H])c([2H])c([2H])c([2H])c12. The Morgan fingerprint density at radius 1 is 0.529 bits per heavy atom. The van der Waals surface area contributed by atoms with E-state index in [0.717, 1.165) is 44.2 Å². The topological polar surface area (TPSA) is 16.4 Å². The predicted molar refractivity (Wildman–Crippen MR) is 214 cm³/mol. The number of benzene rings is 8. The molecular weight excluding hydrogens is 619 g/mol. The third-order valence-electron chi connectivity index (χ3n) is 10.0. The van der Waals surface area contributed by atoms with E-state index in [9.17, 15) is 5.48 Å². The quantitative estimate of drug-likeness (QED) is 0.182. The van der Waals surface area contributed by atoms with Gasteiger partial charge in [0, 0.05) is 38.7 Å². The van der Waals surface area contributed by atoms with Gasteiger partial charge in [0.25, 0.3) is 0 Å². The summed E-state index contributed by atoms with van der Waals surface area (Å²) in [7, 11) is 0. The lowest BCUT2D eigenvalue weighted by Gasteiger charge is -2.29. The van der Waals surface area contributed by atoms with Crippen molar-refractivity contribution in [1.29, 1.82) is 0 Å². The van der Waals surface area contributed by atoms with Crippen molar-refractivity contribution >= 4 is 49.8 Å². The summed E-state index contributed by atoms with van der Waals surface area (Å²) in [5, 5.41) is 1.85. The molecule has 1 aliphatic rings. The molecule has 0 atom stereocenters. The lowest BCUT2D eigenvalue weighted by Crippen LogP contribution is -2.16. The summed E-state index contributed by atoms with van der Waals surface area (Å²) in [6.45, 7) is 4.36. The third kappa shape index (κ3) is 4.57. The van der Waals surface area contributed by atoms with E-state index in [0.29, 0.717) is 11.4 Å². The summed E-state index contributed by atoms with van der Waals surface area (Å²) in [5.41, 5.74) is 5.33. The fourth-order valence-electron chi connectivity index (χ4n) is 7.69. The van der Waals surface area contributed by atoms with E-state index in [1.807, 2.05) is 78.9 Å². The number of hydrogen-bond acceptors (Lipinski definition) is 2. The molecule has 242 valence electrons. The standard InChI is InChI=1S/C49H35NO/c1-49(2)43-19-11-20-44(46(43)42-31-26-34-14-6-7-15-38(34)47(42)49)50(36-27-22-33(23-28-36)32-12-4-3-5-13-32)37-29-24-35(25-30-37)39-17-10-18-41-40-16-8-9-21-45(40)51-48(39)41/h3-31H,1-2H3/i8D,9D,10D,16D,17D,18D,21D,24D,25D,29D,30D. The monoisotopic (exact) mass is 664 g/mol. The van der Waals surface area contributed by atoms with Gasteiger partial charge in [-0.15, -0.1) is 0 Å². The van der Waals surface area contributed by atoms with Crippen LogP contribution in [0.5, 0.6) is 0 Å². The zero-order chi connectivity index (χ0) is 43.7. The van der Waals surface area contributed by atoms with Gasteiger partial charge in [-0.25, -0.2) is 0 Å². The van der Waals surface area contributed by atoms with Gasteiger partial charge in [-0.05, 0) is 80.5 Å². The molecular formula is C49H35NO. The fraction of sp³-hybridized carbons (Fsp3) is 0.0612. The molecule has 8 aromatic carbocycles. The highest BCUT2D eigenvalue weighted by Gasteiger charge is 2.39. The zero-order valence-corrected chi connectivity index (χ0v) is 27.7. The molecule has 0 fully saturated rings. The first-order valence-electron chi connectivity index (χ1n) is 22.3. The number of furan rings is 1. The van der Waals surface area contributed by atoms with Gasteiger partial charge in [-0.3, -0.25) is 0 Å². The largest absolute Gasteiger partial charge is 0.455 e. The van der Waals surface area contributed by atoms with Crippen molar-refractivity contribution in [2.45, 2.75) is 19.3 Å². The normalized spacial score (nSPS) is 16.1.